The minimum absolute atomic E-state index is 1.19. The van der Waals surface area contributed by atoms with Gasteiger partial charge in [-0.2, -0.15) is 0 Å². The molecule has 0 N–H and O–H groups in total. The summed E-state index contributed by atoms with van der Waals surface area (Å²) < 4.78 is 2.37. The van der Waals surface area contributed by atoms with Crippen molar-refractivity contribution in [3.63, 3.8) is 0 Å². The zero-order valence-corrected chi connectivity index (χ0v) is 14.0. The van der Waals surface area contributed by atoms with Crippen LogP contribution >= 0.6 is 0 Å². The fraction of sp³-hybridized carbons (Fsp3) is 0.684. The molecule has 118 valence electrons. The molecule has 1 aromatic heterocycles. The van der Waals surface area contributed by atoms with Crippen LogP contribution in [0.3, 0.4) is 0 Å². The van der Waals surface area contributed by atoms with Crippen LogP contribution in [-0.4, -0.2) is 0 Å². The third-order valence-electron chi connectivity index (χ3n) is 3.76. The molecule has 2 nitrogen and oxygen atoms in total. The lowest BCUT2D eigenvalue weighted by Crippen LogP contribution is -2.33. The Hall–Kier alpha value is -1.36. The molecule has 0 saturated carbocycles. The maximum absolute atomic E-state index is 6.25. The zero-order chi connectivity index (χ0) is 15.8. The van der Waals surface area contributed by atoms with Gasteiger partial charge in [0.2, 0.25) is 0 Å². The van der Waals surface area contributed by atoms with E-state index < -0.39 is 0 Å². The van der Waals surface area contributed by atoms with Crippen molar-refractivity contribution in [1.29, 1.82) is 5.26 Å². The van der Waals surface area contributed by atoms with Crippen LogP contribution in [0.15, 0.2) is 24.5 Å². The summed E-state index contributed by atoms with van der Waals surface area (Å²) in [5, 5.41) is 6.25. The Morgan fingerprint density at radius 2 is 1.52 bits per heavy atom. The van der Waals surface area contributed by atoms with Gasteiger partial charge in [-0.3, -0.25) is 0 Å². The number of rotatable bonds is 11. The second-order valence-electron chi connectivity index (χ2n) is 5.67. The quantitative estimate of drug-likeness (QED) is 0.314. The summed E-state index contributed by atoms with van der Waals surface area (Å²) in [6.07, 6.45) is 18.1. The second kappa shape index (κ2) is 15.0. The lowest BCUT2D eigenvalue weighted by atomic mass is 10.1. The molecule has 0 fully saturated rings. The lowest BCUT2D eigenvalue weighted by Gasteiger charge is -2.01. The molecule has 1 rings (SSSR count). The predicted octanol–water partition coefficient (Wildman–Crippen LogP) is 5.16. The van der Waals surface area contributed by atoms with Crippen LogP contribution in [-0.2, 0) is 13.0 Å². The molecule has 0 aromatic carbocycles. The first-order valence-corrected chi connectivity index (χ1v) is 8.57. The molecule has 0 atom stereocenters. The highest BCUT2D eigenvalue weighted by atomic mass is 14.9. The van der Waals surface area contributed by atoms with E-state index in [1.165, 1.54) is 76.3 Å². The van der Waals surface area contributed by atoms with Gasteiger partial charge in [0.05, 0.1) is 0 Å². The van der Waals surface area contributed by atoms with E-state index in [0.717, 1.165) is 0 Å². The monoisotopic (exact) mass is 288 g/mol. The average molecular weight is 288 g/mol. The van der Waals surface area contributed by atoms with Crippen LogP contribution < -0.4 is 4.57 Å². The van der Waals surface area contributed by atoms with E-state index in [9.17, 15) is 0 Å². The van der Waals surface area contributed by atoms with E-state index in [1.807, 2.05) is 0 Å². The molecule has 0 saturated heterocycles. The molecule has 1 aromatic rings. The van der Waals surface area contributed by atoms with Crippen molar-refractivity contribution >= 4 is 0 Å². The van der Waals surface area contributed by atoms with Crippen LogP contribution in [0.25, 0.3) is 0 Å². The Balaban J connectivity index is 0.00000191. The third kappa shape index (κ3) is 11.0. The Kier molecular flexibility index (Phi) is 14.1. The molecule has 0 unspecified atom stereocenters. The number of aromatic nitrogens is 1. The second-order valence-corrected chi connectivity index (χ2v) is 5.67. The summed E-state index contributed by atoms with van der Waals surface area (Å²) >= 11 is 0. The number of unbranched alkanes of at least 4 members (excludes halogenated alkanes) is 7. The van der Waals surface area contributed by atoms with Crippen molar-refractivity contribution in [2.24, 2.45) is 0 Å². The number of pyridine rings is 1. The van der Waals surface area contributed by atoms with Crippen molar-refractivity contribution in [2.45, 2.75) is 84.6 Å². The Labute approximate surface area is 131 Å². The summed E-state index contributed by atoms with van der Waals surface area (Å²) in [7, 11) is 0. The first-order valence-electron chi connectivity index (χ1n) is 8.57. The molecular weight excluding hydrogens is 256 g/mol. The van der Waals surface area contributed by atoms with E-state index >= 15 is 0 Å². The highest BCUT2D eigenvalue weighted by Crippen LogP contribution is 2.07. The molecule has 0 amide bonds. The fourth-order valence-corrected chi connectivity index (χ4v) is 2.50. The largest absolute Gasteiger partial charge is 0.512 e. The smallest absolute Gasteiger partial charge is 0.171 e. The number of aryl methyl sites for hydroxylation is 2. The minimum atomic E-state index is 1.19. The van der Waals surface area contributed by atoms with Crippen LogP contribution in [0, 0.1) is 11.8 Å². The van der Waals surface area contributed by atoms with Crippen molar-refractivity contribution < 1.29 is 4.57 Å². The Morgan fingerprint density at radius 3 is 2.19 bits per heavy atom. The summed E-state index contributed by atoms with van der Waals surface area (Å²) in [5.74, 6) is 0. The molecule has 0 aliphatic heterocycles. The Bertz CT molecular complexity index is 358. The third-order valence-corrected chi connectivity index (χ3v) is 3.76. The molecule has 0 bridgehead atoms. The van der Waals surface area contributed by atoms with E-state index in [-0.39, 0.29) is 0 Å². The van der Waals surface area contributed by atoms with Crippen molar-refractivity contribution in [3.8, 4) is 0 Å². The van der Waals surface area contributed by atoms with Gasteiger partial charge < -0.3 is 11.8 Å². The first kappa shape index (κ1) is 19.6. The van der Waals surface area contributed by atoms with Gasteiger partial charge in [-0.1, -0.05) is 52.4 Å². The molecule has 0 aliphatic rings. The van der Waals surface area contributed by atoms with Crippen molar-refractivity contribution in [1.82, 2.24) is 0 Å². The van der Waals surface area contributed by atoms with Gasteiger partial charge in [0.1, 0.15) is 6.54 Å². The van der Waals surface area contributed by atoms with Gasteiger partial charge >= 0.3 is 0 Å². The van der Waals surface area contributed by atoms with Crippen LogP contribution in [0.1, 0.15) is 77.2 Å². The molecule has 0 spiro atoms. The van der Waals surface area contributed by atoms with Crippen molar-refractivity contribution in [3.05, 3.63) is 36.7 Å². The van der Waals surface area contributed by atoms with Gasteiger partial charge in [0.15, 0.2) is 12.4 Å². The SMILES string of the molecule is CCCCCCCCC[n+]1cccc(CCCC)c1.[C-]#N. The van der Waals surface area contributed by atoms with E-state index in [2.05, 4.69) is 42.9 Å². The normalized spacial score (nSPS) is 9.90. The molecule has 1 heterocycles. The topological polar surface area (TPSA) is 27.7 Å². The van der Waals surface area contributed by atoms with E-state index in [0.29, 0.717) is 0 Å². The highest BCUT2D eigenvalue weighted by Gasteiger charge is 2.02. The van der Waals surface area contributed by atoms with Crippen molar-refractivity contribution in [2.75, 3.05) is 0 Å². The summed E-state index contributed by atoms with van der Waals surface area (Å²) in [6, 6.07) is 4.46. The molecular formula is C19H32N2. The number of nitrogens with zero attached hydrogens (tertiary/aromatic N) is 2. The standard InChI is InChI=1S/C18H32N.CN/c1-3-5-7-8-9-10-11-15-19-16-12-14-18(17-19)13-6-4-2;1-2/h12,14,16-17H,3-11,13,15H2,1-2H3;/q+1;-1. The summed E-state index contributed by atoms with van der Waals surface area (Å²) in [5.41, 5.74) is 1.49. The molecule has 0 aliphatic carbocycles. The van der Waals surface area contributed by atoms with Gasteiger partial charge in [-0.05, 0) is 25.3 Å². The van der Waals surface area contributed by atoms with Crippen LogP contribution in [0.2, 0.25) is 0 Å². The Morgan fingerprint density at radius 1 is 0.905 bits per heavy atom. The molecule has 0 radical (unpaired) electrons. The lowest BCUT2D eigenvalue weighted by molar-refractivity contribution is -0.697. The summed E-state index contributed by atoms with van der Waals surface area (Å²) in [4.78, 5) is 0. The van der Waals surface area contributed by atoms with Crippen LogP contribution in [0.5, 0.6) is 0 Å². The first-order chi connectivity index (χ1) is 10.4. The fourth-order valence-electron chi connectivity index (χ4n) is 2.50. The van der Waals surface area contributed by atoms with Crippen LogP contribution in [0.4, 0.5) is 0 Å². The highest BCUT2D eigenvalue weighted by molar-refractivity contribution is 5.05. The summed E-state index contributed by atoms with van der Waals surface area (Å²) in [6.45, 7) is 10.5. The van der Waals surface area contributed by atoms with E-state index in [1.54, 1.807) is 0 Å². The van der Waals surface area contributed by atoms with Gasteiger partial charge in [-0.15, -0.1) is 0 Å². The molecule has 2 heteroatoms. The average Bonchev–Trinajstić information content (AvgIpc) is 2.54. The zero-order valence-electron chi connectivity index (χ0n) is 14.0. The van der Waals surface area contributed by atoms with Gasteiger partial charge in [0, 0.05) is 18.1 Å². The molecule has 21 heavy (non-hydrogen) atoms. The van der Waals surface area contributed by atoms with E-state index in [4.69, 9.17) is 11.8 Å². The minimum Gasteiger partial charge on any atom is -0.512 e. The number of hydrogen-bond acceptors (Lipinski definition) is 1. The maximum Gasteiger partial charge on any atom is 0.171 e. The van der Waals surface area contributed by atoms with Gasteiger partial charge in [0.25, 0.3) is 0 Å². The predicted molar refractivity (Wildman–Crippen MR) is 88.2 cm³/mol. The number of hydrogen-bond donors (Lipinski definition) is 0. The maximum atomic E-state index is 6.25. The van der Waals surface area contributed by atoms with Gasteiger partial charge in [-0.25, -0.2) is 4.57 Å².